The minimum Gasteiger partial charge on any atom is -0.348 e. The summed E-state index contributed by atoms with van der Waals surface area (Å²) < 4.78 is 0. The van der Waals surface area contributed by atoms with Crippen LogP contribution in [0.15, 0.2) is 24.3 Å². The number of hydrogen-bond acceptors (Lipinski definition) is 2. The van der Waals surface area contributed by atoms with Gasteiger partial charge in [-0.05, 0) is 31.4 Å². The maximum atomic E-state index is 8.41. The van der Waals surface area contributed by atoms with Crippen molar-refractivity contribution in [2.75, 3.05) is 13.1 Å². The van der Waals surface area contributed by atoms with Crippen LogP contribution < -0.4 is 0 Å². The zero-order valence-electron chi connectivity index (χ0n) is 10.6. The summed E-state index contributed by atoms with van der Waals surface area (Å²) in [6, 6.07) is 9.69. The molecule has 2 fully saturated rings. The molecule has 0 bridgehead atoms. The third-order valence-corrected chi connectivity index (χ3v) is 4.87. The van der Waals surface area contributed by atoms with E-state index in [0.717, 1.165) is 17.9 Å². The van der Waals surface area contributed by atoms with Gasteiger partial charge >= 0.3 is 0 Å². The minimum atomic E-state index is 0.576. The average Bonchev–Trinajstić information content (AvgIpc) is 3.04. The lowest BCUT2D eigenvalue weighted by Gasteiger charge is -2.30. The molecule has 1 aromatic rings. The van der Waals surface area contributed by atoms with Crippen LogP contribution in [0.3, 0.4) is 0 Å². The van der Waals surface area contributed by atoms with Crippen molar-refractivity contribution in [3.63, 3.8) is 0 Å². The smallest absolute Gasteiger partial charge is 0.129 e. The van der Waals surface area contributed by atoms with Crippen LogP contribution in [-0.2, 0) is 6.54 Å². The van der Waals surface area contributed by atoms with Gasteiger partial charge in [-0.15, -0.1) is 0 Å². The van der Waals surface area contributed by atoms with E-state index in [1.807, 2.05) is 6.07 Å². The van der Waals surface area contributed by atoms with E-state index in [1.165, 1.54) is 37.9 Å². The Hall–Kier alpha value is -1.35. The molecule has 3 heterocycles. The lowest BCUT2D eigenvalue weighted by molar-refractivity contribution is 0.235. The summed E-state index contributed by atoms with van der Waals surface area (Å²) in [5, 5.41) is 8.41. The first-order valence-corrected chi connectivity index (χ1v) is 7.02. The molecular weight excluding hydrogens is 222 g/mol. The number of nitrogens with zero attached hydrogens (tertiary/aromatic N) is 2. The Bertz CT molecular complexity index is 496. The van der Waals surface area contributed by atoms with Crippen molar-refractivity contribution in [2.24, 2.45) is 0 Å². The topological polar surface area (TPSA) is 30.3 Å². The second kappa shape index (κ2) is 3.82. The predicted octanol–water partition coefficient (Wildman–Crippen LogP) is 2.06. The lowest BCUT2D eigenvalue weighted by Crippen LogP contribution is -2.42. The molecule has 1 N–H and O–H groups in total. The molecule has 3 heteroatoms. The SMILES string of the molecule is N=C1c2ccccc2CN1C1CCN2CCCC12. The molecule has 0 spiro atoms. The Kier molecular flexibility index (Phi) is 2.24. The van der Waals surface area contributed by atoms with E-state index in [2.05, 4.69) is 28.0 Å². The van der Waals surface area contributed by atoms with Crippen molar-refractivity contribution in [2.45, 2.75) is 37.9 Å². The number of rotatable bonds is 1. The van der Waals surface area contributed by atoms with Crippen LogP contribution in [0.2, 0.25) is 0 Å². The van der Waals surface area contributed by atoms with E-state index in [9.17, 15) is 0 Å². The quantitative estimate of drug-likeness (QED) is 0.816. The van der Waals surface area contributed by atoms with Crippen LogP contribution in [0.1, 0.15) is 30.4 Å². The van der Waals surface area contributed by atoms with Gasteiger partial charge in [0.2, 0.25) is 0 Å². The van der Waals surface area contributed by atoms with Crippen molar-refractivity contribution in [3.05, 3.63) is 35.4 Å². The molecule has 3 aliphatic rings. The molecule has 0 saturated carbocycles. The van der Waals surface area contributed by atoms with Gasteiger partial charge in [-0.1, -0.05) is 24.3 Å². The van der Waals surface area contributed by atoms with Gasteiger partial charge in [-0.25, -0.2) is 0 Å². The fraction of sp³-hybridized carbons (Fsp3) is 0.533. The highest BCUT2D eigenvalue weighted by atomic mass is 15.3. The van der Waals surface area contributed by atoms with E-state index < -0.39 is 0 Å². The summed E-state index contributed by atoms with van der Waals surface area (Å²) in [6.45, 7) is 3.45. The van der Waals surface area contributed by atoms with E-state index in [4.69, 9.17) is 5.41 Å². The molecule has 94 valence electrons. The first-order valence-electron chi connectivity index (χ1n) is 7.02. The summed E-state index contributed by atoms with van der Waals surface area (Å²) in [5.41, 5.74) is 2.48. The highest BCUT2D eigenvalue weighted by molar-refractivity contribution is 6.00. The Morgan fingerprint density at radius 2 is 1.94 bits per heavy atom. The molecule has 0 aliphatic carbocycles. The summed E-state index contributed by atoms with van der Waals surface area (Å²) in [5.74, 6) is 0.754. The van der Waals surface area contributed by atoms with Crippen LogP contribution in [-0.4, -0.2) is 40.8 Å². The van der Waals surface area contributed by atoms with Gasteiger partial charge in [-0.3, -0.25) is 10.3 Å². The average molecular weight is 241 g/mol. The second-order valence-electron chi connectivity index (χ2n) is 5.74. The number of fused-ring (bicyclic) bond motifs is 2. The monoisotopic (exact) mass is 241 g/mol. The standard InChI is InChI=1S/C15H19N3/c16-15-12-5-2-1-4-11(12)10-18(15)14-7-9-17-8-3-6-13(14)17/h1-2,4-5,13-14,16H,3,6-10H2. The molecule has 4 rings (SSSR count). The first kappa shape index (κ1) is 10.6. The number of amidine groups is 1. The fourth-order valence-electron chi connectivity index (χ4n) is 4.01. The molecule has 0 amide bonds. The van der Waals surface area contributed by atoms with Crippen molar-refractivity contribution in [3.8, 4) is 0 Å². The van der Waals surface area contributed by atoms with Crippen molar-refractivity contribution in [1.29, 1.82) is 5.41 Å². The Morgan fingerprint density at radius 3 is 2.83 bits per heavy atom. The Labute approximate surface area is 108 Å². The van der Waals surface area contributed by atoms with E-state index in [1.54, 1.807) is 0 Å². The summed E-state index contributed by atoms with van der Waals surface area (Å²) in [7, 11) is 0. The second-order valence-corrected chi connectivity index (χ2v) is 5.74. The van der Waals surface area contributed by atoms with Gasteiger partial charge in [-0.2, -0.15) is 0 Å². The zero-order chi connectivity index (χ0) is 12.1. The first-order chi connectivity index (χ1) is 8.84. The number of hydrogen-bond donors (Lipinski definition) is 1. The summed E-state index contributed by atoms with van der Waals surface area (Å²) in [4.78, 5) is 4.97. The normalized spacial score (nSPS) is 30.9. The van der Waals surface area contributed by atoms with E-state index in [-0.39, 0.29) is 0 Å². The van der Waals surface area contributed by atoms with Crippen molar-refractivity contribution >= 4 is 5.84 Å². The highest BCUT2D eigenvalue weighted by Crippen LogP contribution is 2.35. The summed E-state index contributed by atoms with van der Waals surface area (Å²) in [6.07, 6.45) is 3.90. The largest absolute Gasteiger partial charge is 0.348 e. The molecule has 1 aromatic carbocycles. The van der Waals surface area contributed by atoms with Gasteiger partial charge in [0.05, 0.1) is 0 Å². The molecule has 3 nitrogen and oxygen atoms in total. The molecule has 2 unspecified atom stereocenters. The fourth-order valence-corrected chi connectivity index (χ4v) is 4.01. The van der Waals surface area contributed by atoms with E-state index >= 15 is 0 Å². The van der Waals surface area contributed by atoms with Crippen molar-refractivity contribution in [1.82, 2.24) is 9.80 Å². The Morgan fingerprint density at radius 1 is 1.06 bits per heavy atom. The molecule has 2 atom stereocenters. The molecule has 0 aromatic heterocycles. The molecular formula is C15H19N3. The van der Waals surface area contributed by atoms with Gasteiger partial charge in [0.1, 0.15) is 5.84 Å². The Balaban J connectivity index is 1.63. The molecule has 3 aliphatic heterocycles. The maximum Gasteiger partial charge on any atom is 0.129 e. The zero-order valence-corrected chi connectivity index (χ0v) is 10.6. The molecule has 2 saturated heterocycles. The predicted molar refractivity (Wildman–Crippen MR) is 71.8 cm³/mol. The van der Waals surface area contributed by atoms with Crippen LogP contribution in [0, 0.1) is 5.41 Å². The van der Waals surface area contributed by atoms with Crippen LogP contribution in [0.25, 0.3) is 0 Å². The van der Waals surface area contributed by atoms with Crippen LogP contribution in [0.4, 0.5) is 0 Å². The number of benzene rings is 1. The minimum absolute atomic E-state index is 0.576. The van der Waals surface area contributed by atoms with Crippen LogP contribution in [0.5, 0.6) is 0 Å². The third kappa shape index (κ3) is 1.37. The van der Waals surface area contributed by atoms with Gasteiger partial charge < -0.3 is 4.90 Å². The molecule has 0 radical (unpaired) electrons. The highest BCUT2D eigenvalue weighted by Gasteiger charge is 2.42. The van der Waals surface area contributed by atoms with Gasteiger partial charge in [0, 0.05) is 30.7 Å². The maximum absolute atomic E-state index is 8.41. The van der Waals surface area contributed by atoms with Crippen molar-refractivity contribution < 1.29 is 0 Å². The third-order valence-electron chi connectivity index (χ3n) is 4.87. The van der Waals surface area contributed by atoms with Crippen LogP contribution >= 0.6 is 0 Å². The van der Waals surface area contributed by atoms with Gasteiger partial charge in [0.15, 0.2) is 0 Å². The lowest BCUT2D eigenvalue weighted by atomic mass is 10.1. The van der Waals surface area contributed by atoms with E-state index in [0.29, 0.717) is 12.1 Å². The van der Waals surface area contributed by atoms with Gasteiger partial charge in [0.25, 0.3) is 0 Å². The molecule has 18 heavy (non-hydrogen) atoms. The summed E-state index contributed by atoms with van der Waals surface area (Å²) >= 11 is 0. The number of nitrogens with one attached hydrogen (secondary N) is 1.